The molecule has 2 saturated heterocycles. The van der Waals surface area contributed by atoms with E-state index < -0.39 is 4.92 Å². The third-order valence-electron chi connectivity index (χ3n) is 5.95. The number of piperazine rings is 1. The number of benzene rings is 1. The van der Waals surface area contributed by atoms with Crippen molar-refractivity contribution in [2.45, 2.75) is 18.9 Å². The van der Waals surface area contributed by atoms with Crippen LogP contribution in [0.15, 0.2) is 36.7 Å². The number of carbonyl (C=O) groups is 1. The quantitative estimate of drug-likeness (QED) is 0.555. The summed E-state index contributed by atoms with van der Waals surface area (Å²) in [6.45, 7) is 5.36. The highest BCUT2D eigenvalue weighted by atomic mass is 16.6. The van der Waals surface area contributed by atoms with Gasteiger partial charge in [0.25, 0.3) is 5.69 Å². The highest BCUT2D eigenvalue weighted by Gasteiger charge is 2.28. The summed E-state index contributed by atoms with van der Waals surface area (Å²) in [6, 6.07) is 7.61. The number of anilines is 1. The molecule has 4 rings (SSSR count). The molecule has 11 heteroatoms. The monoisotopic (exact) mass is 441 g/mol. The molecule has 170 valence electrons. The molecule has 1 aromatic heterocycles. The number of nitrogens with zero attached hydrogens (tertiary/aromatic N) is 6. The second kappa shape index (κ2) is 9.88. The summed E-state index contributed by atoms with van der Waals surface area (Å²) < 4.78 is 5.62. The van der Waals surface area contributed by atoms with Crippen LogP contribution in [-0.2, 0) is 0 Å². The summed E-state index contributed by atoms with van der Waals surface area (Å²) in [5, 5.41) is 13.6. The van der Waals surface area contributed by atoms with Gasteiger partial charge in [0.1, 0.15) is 17.9 Å². The minimum atomic E-state index is -0.477. The first-order valence-corrected chi connectivity index (χ1v) is 10.7. The first-order chi connectivity index (χ1) is 15.5. The van der Waals surface area contributed by atoms with Crippen LogP contribution in [0.3, 0.4) is 0 Å². The molecule has 0 aliphatic carbocycles. The molecule has 0 bridgehead atoms. The van der Waals surface area contributed by atoms with Gasteiger partial charge in [-0.15, -0.1) is 0 Å². The van der Waals surface area contributed by atoms with E-state index in [4.69, 9.17) is 4.74 Å². The average molecular weight is 441 g/mol. The van der Waals surface area contributed by atoms with Crippen molar-refractivity contribution in [3.05, 3.63) is 46.8 Å². The highest BCUT2D eigenvalue weighted by molar-refractivity contribution is 5.88. The molecule has 2 aromatic rings. The molecule has 0 spiro atoms. The SMILES string of the molecule is CN1CCC(N2CCN(C(=O)Nc3cc(Oc4ccc([N+](=O)[O-])cc4)ncn3)CC2)CC1. The predicted octanol–water partition coefficient (Wildman–Crippen LogP) is 2.42. The number of likely N-dealkylation sites (tertiary alicyclic amines) is 1. The molecule has 0 unspecified atom stereocenters. The third-order valence-corrected chi connectivity index (χ3v) is 5.95. The van der Waals surface area contributed by atoms with Crippen LogP contribution < -0.4 is 10.1 Å². The number of aromatic nitrogens is 2. The van der Waals surface area contributed by atoms with Crippen molar-refractivity contribution in [3.8, 4) is 11.6 Å². The molecule has 0 saturated carbocycles. The Morgan fingerprint density at radius 3 is 2.44 bits per heavy atom. The molecule has 0 radical (unpaired) electrons. The maximum atomic E-state index is 12.7. The van der Waals surface area contributed by atoms with Crippen LogP contribution in [0.4, 0.5) is 16.3 Å². The van der Waals surface area contributed by atoms with Gasteiger partial charge in [0.15, 0.2) is 0 Å². The minimum absolute atomic E-state index is 0.0242. The highest BCUT2D eigenvalue weighted by Crippen LogP contribution is 2.23. The van der Waals surface area contributed by atoms with Crippen LogP contribution in [0.25, 0.3) is 0 Å². The third kappa shape index (κ3) is 5.48. The molecule has 1 aromatic carbocycles. The van der Waals surface area contributed by atoms with Crippen LogP contribution >= 0.6 is 0 Å². The Hall–Kier alpha value is -3.31. The van der Waals surface area contributed by atoms with E-state index in [-0.39, 0.29) is 17.6 Å². The Morgan fingerprint density at radius 1 is 1.09 bits per heavy atom. The fourth-order valence-corrected chi connectivity index (χ4v) is 4.06. The molecule has 1 N–H and O–H groups in total. The van der Waals surface area contributed by atoms with E-state index in [0.717, 1.165) is 26.2 Å². The van der Waals surface area contributed by atoms with Gasteiger partial charge in [0, 0.05) is 50.4 Å². The lowest BCUT2D eigenvalue weighted by Crippen LogP contribution is -2.54. The maximum Gasteiger partial charge on any atom is 0.323 e. The van der Waals surface area contributed by atoms with Crippen molar-refractivity contribution in [3.63, 3.8) is 0 Å². The summed E-state index contributed by atoms with van der Waals surface area (Å²) in [5.41, 5.74) is -0.0242. The summed E-state index contributed by atoms with van der Waals surface area (Å²) in [6.07, 6.45) is 3.66. The first-order valence-electron chi connectivity index (χ1n) is 10.7. The van der Waals surface area contributed by atoms with Gasteiger partial charge in [-0.3, -0.25) is 20.3 Å². The minimum Gasteiger partial charge on any atom is -0.439 e. The Labute approximate surface area is 186 Å². The van der Waals surface area contributed by atoms with Crippen molar-refractivity contribution in [2.75, 3.05) is 51.6 Å². The first kappa shape index (κ1) is 21.9. The number of rotatable bonds is 5. The van der Waals surface area contributed by atoms with Crippen molar-refractivity contribution < 1.29 is 14.5 Å². The van der Waals surface area contributed by atoms with Crippen LogP contribution in [0, 0.1) is 10.1 Å². The number of ether oxygens (including phenoxy) is 1. The van der Waals surface area contributed by atoms with Crippen LogP contribution in [0.1, 0.15) is 12.8 Å². The number of hydrogen-bond acceptors (Lipinski definition) is 8. The fourth-order valence-electron chi connectivity index (χ4n) is 4.06. The predicted molar refractivity (Wildman–Crippen MR) is 118 cm³/mol. The number of carbonyl (C=O) groups excluding carboxylic acids is 1. The lowest BCUT2D eigenvalue weighted by molar-refractivity contribution is -0.384. The molecule has 32 heavy (non-hydrogen) atoms. The largest absolute Gasteiger partial charge is 0.439 e. The number of piperidine rings is 1. The van der Waals surface area contributed by atoms with Gasteiger partial charge in [0.2, 0.25) is 5.88 Å². The topological polar surface area (TPSA) is 117 Å². The summed E-state index contributed by atoms with van der Waals surface area (Å²) in [7, 11) is 2.16. The van der Waals surface area contributed by atoms with Crippen LogP contribution in [-0.4, -0.2) is 88.0 Å². The molecule has 2 amide bonds. The van der Waals surface area contributed by atoms with E-state index in [1.54, 1.807) is 4.90 Å². The lowest BCUT2D eigenvalue weighted by atomic mass is 10.0. The Bertz CT molecular complexity index is 939. The smallest absolute Gasteiger partial charge is 0.323 e. The van der Waals surface area contributed by atoms with E-state index in [1.807, 2.05) is 0 Å². The van der Waals surface area contributed by atoms with Gasteiger partial charge in [-0.05, 0) is 45.1 Å². The second-order valence-corrected chi connectivity index (χ2v) is 8.08. The average Bonchev–Trinajstić information content (AvgIpc) is 2.80. The van der Waals surface area contributed by atoms with Crippen molar-refractivity contribution in [1.82, 2.24) is 24.7 Å². The Balaban J connectivity index is 1.29. The molecule has 3 heterocycles. The Kier molecular flexibility index (Phi) is 6.76. The zero-order valence-electron chi connectivity index (χ0n) is 18.0. The van der Waals surface area contributed by atoms with Gasteiger partial charge < -0.3 is 14.5 Å². The number of nitro groups is 1. The molecule has 2 fully saturated rings. The molecule has 11 nitrogen and oxygen atoms in total. The van der Waals surface area contributed by atoms with E-state index in [9.17, 15) is 14.9 Å². The van der Waals surface area contributed by atoms with E-state index in [2.05, 4.69) is 32.1 Å². The van der Waals surface area contributed by atoms with Gasteiger partial charge in [-0.1, -0.05) is 0 Å². The fraction of sp³-hybridized carbons (Fsp3) is 0.476. The summed E-state index contributed by atoms with van der Waals surface area (Å²) in [5.74, 6) is 0.965. The molecule has 0 atom stereocenters. The lowest BCUT2D eigenvalue weighted by Gasteiger charge is -2.42. The van der Waals surface area contributed by atoms with Crippen molar-refractivity contribution in [2.24, 2.45) is 0 Å². The maximum absolute atomic E-state index is 12.7. The zero-order chi connectivity index (χ0) is 22.5. The molecular formula is C21H27N7O4. The van der Waals surface area contributed by atoms with Gasteiger partial charge in [-0.25, -0.2) is 14.8 Å². The number of non-ortho nitro benzene ring substituents is 1. The Morgan fingerprint density at radius 2 is 1.78 bits per heavy atom. The zero-order valence-corrected chi connectivity index (χ0v) is 18.0. The van der Waals surface area contributed by atoms with Gasteiger partial charge >= 0.3 is 6.03 Å². The standard InChI is InChI=1S/C21H27N7O4/c1-25-8-6-16(7-9-25)26-10-12-27(13-11-26)21(29)24-19-14-20(23-15-22-19)32-18-4-2-17(3-5-18)28(30)31/h2-5,14-16H,6-13H2,1H3,(H,22,23,24,29). The normalized spacial score (nSPS) is 18.3. The number of amides is 2. The van der Waals surface area contributed by atoms with Crippen LogP contribution in [0.5, 0.6) is 11.6 Å². The van der Waals surface area contributed by atoms with Crippen molar-refractivity contribution in [1.29, 1.82) is 0 Å². The molecular weight excluding hydrogens is 414 g/mol. The van der Waals surface area contributed by atoms with Gasteiger partial charge in [-0.2, -0.15) is 0 Å². The van der Waals surface area contributed by atoms with Gasteiger partial charge in [0.05, 0.1) is 4.92 Å². The number of nitro benzene ring substituents is 1. The number of nitrogens with one attached hydrogen (secondary N) is 1. The van der Waals surface area contributed by atoms with Crippen molar-refractivity contribution >= 4 is 17.5 Å². The number of urea groups is 1. The summed E-state index contributed by atoms with van der Waals surface area (Å²) >= 11 is 0. The molecule has 2 aliphatic heterocycles. The molecule has 2 aliphatic rings. The number of hydrogen-bond donors (Lipinski definition) is 1. The van der Waals surface area contributed by atoms with E-state index in [1.165, 1.54) is 49.5 Å². The van der Waals surface area contributed by atoms with E-state index >= 15 is 0 Å². The second-order valence-electron chi connectivity index (χ2n) is 8.08. The van der Waals surface area contributed by atoms with E-state index in [0.29, 0.717) is 30.7 Å². The van der Waals surface area contributed by atoms with Crippen LogP contribution in [0.2, 0.25) is 0 Å². The summed E-state index contributed by atoms with van der Waals surface area (Å²) in [4.78, 5) is 37.8.